The van der Waals surface area contributed by atoms with Crippen LogP contribution in [0.1, 0.15) is 103 Å². The fourth-order valence-electron chi connectivity index (χ4n) is 10.8. The van der Waals surface area contributed by atoms with Crippen LogP contribution in [0.15, 0.2) is 65.6 Å². The van der Waals surface area contributed by atoms with E-state index in [9.17, 15) is 24.0 Å². The molecule has 2 saturated heterocycles. The van der Waals surface area contributed by atoms with E-state index in [1.54, 1.807) is 11.1 Å². The molecular weight excluding hydrogens is 869 g/mol. The number of primary amides is 1. The number of amides is 4. The lowest BCUT2D eigenvalue weighted by molar-refractivity contribution is -0.601. The summed E-state index contributed by atoms with van der Waals surface area (Å²) >= 11 is 0. The number of alkyl carbamates (subject to hydrolysis) is 1. The fourth-order valence-corrected chi connectivity index (χ4v) is 10.8. The van der Waals surface area contributed by atoms with Gasteiger partial charge in [-0.15, -0.1) is 0 Å². The second-order valence-corrected chi connectivity index (χ2v) is 19.7. The zero-order valence-corrected chi connectivity index (χ0v) is 39.3. The number of benzene rings is 3. The zero-order chi connectivity index (χ0) is 47.6. The van der Waals surface area contributed by atoms with Crippen molar-refractivity contribution in [3.63, 3.8) is 0 Å². The Morgan fingerprint density at radius 1 is 0.809 bits per heavy atom. The predicted octanol–water partition coefficient (Wildman–Crippen LogP) is 6.75. The molecule has 5 heterocycles. The van der Waals surface area contributed by atoms with Gasteiger partial charge in [-0.05, 0) is 91.3 Å². The van der Waals surface area contributed by atoms with Crippen molar-refractivity contribution < 1.29 is 43.4 Å². The van der Waals surface area contributed by atoms with Crippen LogP contribution in [0.3, 0.4) is 0 Å². The third-order valence-electron chi connectivity index (χ3n) is 14.6. The molecule has 4 amide bonds. The summed E-state index contributed by atoms with van der Waals surface area (Å²) in [5.74, 6) is 1.41. The molecule has 3 aromatic carbocycles. The maximum Gasteiger partial charge on any atom is 0.513 e. The van der Waals surface area contributed by atoms with Gasteiger partial charge >= 0.3 is 12.2 Å². The lowest BCUT2D eigenvalue weighted by Gasteiger charge is -2.30. The van der Waals surface area contributed by atoms with Crippen molar-refractivity contribution >= 4 is 34.9 Å². The van der Waals surface area contributed by atoms with Crippen LogP contribution in [0.4, 0.5) is 9.59 Å². The van der Waals surface area contributed by atoms with Gasteiger partial charge in [-0.2, -0.15) is 4.79 Å². The summed E-state index contributed by atoms with van der Waals surface area (Å²) in [6.07, 6.45) is 7.27. The van der Waals surface area contributed by atoms with Gasteiger partial charge in [-0.3, -0.25) is 14.4 Å². The molecule has 5 aromatic rings. The number of ether oxygens (including phenoxy) is 4. The van der Waals surface area contributed by atoms with Gasteiger partial charge in [0.15, 0.2) is 17.5 Å². The van der Waals surface area contributed by atoms with E-state index in [1.165, 1.54) is 19.5 Å². The van der Waals surface area contributed by atoms with Crippen LogP contribution in [0.2, 0.25) is 0 Å². The normalized spacial score (nSPS) is 21.9. The predicted molar refractivity (Wildman–Crippen MR) is 250 cm³/mol. The third kappa shape index (κ3) is 8.13. The Bertz CT molecular complexity index is 2850. The number of methoxy groups -OCH3 is 2. The Hall–Kier alpha value is -6.75. The number of carbonyl (C=O) groups is 4. The minimum atomic E-state index is -0.765. The molecule has 17 heteroatoms. The Morgan fingerprint density at radius 3 is 2.18 bits per heavy atom. The molecule has 3 aliphatic heterocycles. The van der Waals surface area contributed by atoms with Gasteiger partial charge in [0.05, 0.1) is 49.1 Å². The Kier molecular flexibility index (Phi) is 11.7. The number of fused-ring (bicyclic) bond motifs is 3. The molecule has 4 fully saturated rings. The number of aromatic nitrogens is 4. The molecule has 5 unspecified atom stereocenters. The molecule has 10 rings (SSSR count). The lowest BCUT2D eigenvalue weighted by atomic mass is 9.96. The van der Waals surface area contributed by atoms with Gasteiger partial charge in [0.1, 0.15) is 17.7 Å². The topological polar surface area (TPSA) is 215 Å². The van der Waals surface area contributed by atoms with Crippen molar-refractivity contribution in [2.24, 2.45) is 17.8 Å². The molecule has 17 nitrogen and oxygen atoms in total. The second kappa shape index (κ2) is 17.7. The number of hydrogen-bond donors (Lipinski definition) is 4. The van der Waals surface area contributed by atoms with Crippen molar-refractivity contribution in [1.29, 1.82) is 0 Å². The average molecular weight is 928 g/mol. The smallest absolute Gasteiger partial charge is 0.453 e. The molecule has 68 heavy (non-hydrogen) atoms. The van der Waals surface area contributed by atoms with Gasteiger partial charge in [-0.25, -0.2) is 20.1 Å². The third-order valence-corrected chi connectivity index (χ3v) is 14.6. The summed E-state index contributed by atoms with van der Waals surface area (Å²) in [6, 6.07) is 15.9. The number of H-pyrrole nitrogens is 2. The van der Waals surface area contributed by atoms with Crippen LogP contribution < -0.4 is 25.7 Å². The summed E-state index contributed by atoms with van der Waals surface area (Å²) < 4.78 is 23.3. The highest BCUT2D eigenvalue weighted by Gasteiger charge is 2.57. The number of carbonyl (C=O) groups excluding carboxylic acids is 4. The number of likely N-dealkylation sites (tertiary alicyclic amines) is 2. The Morgan fingerprint density at radius 2 is 1.50 bits per heavy atom. The quantitative estimate of drug-likeness (QED) is 0.109. The maximum atomic E-state index is 14.0. The largest absolute Gasteiger partial charge is 0.513 e. The number of nitrogens with zero attached hydrogens (tertiary/aromatic N) is 4. The molecular formula is C51H59N8O9+. The number of piperidine rings is 1. The SMILES string of the molecule is COC(=O)NC(C(=O)N1CCC[C@H]1c1ncc(-c2ccc(-c3ccc(-c4ccc5nc(C6CC7CC7N6C(=O)C([NH2+]C(=O)OC)C(C)C)[nH]c(=O)c5c4)c4c3OC3(CCCC3)O4)cc2)[nH]1)C(C)C. The number of aromatic amines is 2. The number of nitrogens with one attached hydrogen (secondary N) is 3. The highest BCUT2D eigenvalue weighted by atomic mass is 16.7. The van der Waals surface area contributed by atoms with Crippen molar-refractivity contribution in [1.82, 2.24) is 35.1 Å². The molecule has 5 N–H and O–H groups in total. The van der Waals surface area contributed by atoms with E-state index < -0.39 is 36.1 Å². The van der Waals surface area contributed by atoms with Crippen LogP contribution in [0, 0.1) is 17.8 Å². The van der Waals surface area contributed by atoms with Crippen LogP contribution in [0.5, 0.6) is 11.5 Å². The monoisotopic (exact) mass is 927 g/mol. The molecule has 1 spiro atoms. The summed E-state index contributed by atoms with van der Waals surface area (Å²) in [6.45, 7) is 8.17. The van der Waals surface area contributed by atoms with E-state index in [4.69, 9.17) is 28.9 Å². The minimum absolute atomic E-state index is 0.0534. The summed E-state index contributed by atoms with van der Waals surface area (Å²) in [7, 11) is 2.59. The van der Waals surface area contributed by atoms with Gasteiger partial charge in [0, 0.05) is 42.5 Å². The van der Waals surface area contributed by atoms with E-state index in [2.05, 4.69) is 15.3 Å². The van der Waals surface area contributed by atoms with Crippen LogP contribution in [-0.2, 0) is 19.1 Å². The fraction of sp³-hybridized carbons (Fsp3) is 0.471. The van der Waals surface area contributed by atoms with Crippen LogP contribution in [-0.4, -0.2) is 98.4 Å². The standard InChI is InChI=1S/C51H58N8O9/c1-26(2)40(55-49(63)65-5)47(61)58-21-9-10-37(58)44-52-25-36(54-44)29-13-11-28(12-14-29)32-16-17-33(43-42(32)67-51(68-43)19-7-8-20-51)30-15-18-35-34(22-30)46(60)57-45(53-35)39-24-31-23-38(31)59(39)48(62)41(27(3)4)56-50(64)66-6/h11-18,22,25-27,31,37-41H,7-10,19-21,23-24H2,1-6H3,(H,52,54)(H,55,63)(H,56,64)(H,53,57,60)/p+1/t31?,37-,38?,39?,40?,41?/m0/s1. The van der Waals surface area contributed by atoms with E-state index >= 15 is 0 Å². The van der Waals surface area contributed by atoms with Crippen molar-refractivity contribution in [3.05, 3.63) is 82.8 Å². The van der Waals surface area contributed by atoms with Crippen molar-refractivity contribution in [2.45, 2.75) is 115 Å². The lowest BCUT2D eigenvalue weighted by Crippen LogP contribution is -2.96. The first-order chi connectivity index (χ1) is 32.8. The molecule has 2 saturated carbocycles. The summed E-state index contributed by atoms with van der Waals surface area (Å²) in [4.78, 5) is 85.8. The number of nitrogens with two attached hydrogens (primary N) is 1. The van der Waals surface area contributed by atoms with Crippen molar-refractivity contribution in [2.75, 3.05) is 20.8 Å². The number of rotatable bonds is 11. The maximum absolute atomic E-state index is 14.0. The molecule has 2 aliphatic carbocycles. The van der Waals surface area contributed by atoms with E-state index in [-0.39, 0.29) is 41.3 Å². The summed E-state index contributed by atoms with van der Waals surface area (Å²) in [5.41, 5.74) is 5.36. The van der Waals surface area contributed by atoms with Gasteiger partial charge in [0.2, 0.25) is 5.91 Å². The molecule has 2 aromatic heterocycles. The highest BCUT2D eigenvalue weighted by molar-refractivity contribution is 5.90. The number of imidazole rings is 1. The number of quaternary nitrogens is 1. The minimum Gasteiger partial charge on any atom is -0.453 e. The Labute approximate surface area is 393 Å². The van der Waals surface area contributed by atoms with Gasteiger partial charge in [0.25, 0.3) is 17.3 Å². The van der Waals surface area contributed by atoms with E-state index in [0.29, 0.717) is 52.9 Å². The van der Waals surface area contributed by atoms with Gasteiger partial charge < -0.3 is 44.0 Å². The number of hydrogen-bond acceptors (Lipinski definition) is 11. The first kappa shape index (κ1) is 45.1. The van der Waals surface area contributed by atoms with Crippen molar-refractivity contribution in [3.8, 4) is 45.0 Å². The molecule has 0 bridgehead atoms. The summed E-state index contributed by atoms with van der Waals surface area (Å²) in [5, 5.41) is 4.48. The van der Waals surface area contributed by atoms with Crippen LogP contribution in [0.25, 0.3) is 44.4 Å². The first-order valence-corrected chi connectivity index (χ1v) is 23.9. The Balaban J connectivity index is 0.910. The van der Waals surface area contributed by atoms with E-state index in [1.807, 2.05) is 87.2 Å². The molecule has 0 radical (unpaired) electrons. The average Bonchev–Trinajstić information content (AvgIpc) is 3.99. The van der Waals surface area contributed by atoms with E-state index in [0.717, 1.165) is 78.5 Å². The second-order valence-electron chi connectivity index (χ2n) is 19.7. The highest BCUT2D eigenvalue weighted by Crippen LogP contribution is 2.56. The first-order valence-electron chi connectivity index (χ1n) is 23.9. The van der Waals surface area contributed by atoms with Gasteiger partial charge in [-0.1, -0.05) is 58.0 Å². The molecule has 5 aliphatic rings. The molecule has 356 valence electrons. The van der Waals surface area contributed by atoms with Crippen LogP contribution >= 0.6 is 0 Å². The zero-order valence-electron chi connectivity index (χ0n) is 39.3. The molecule has 6 atom stereocenters.